The number of aromatic nitrogens is 4. The van der Waals surface area contributed by atoms with E-state index in [4.69, 9.17) is 16.6 Å². The van der Waals surface area contributed by atoms with Crippen LogP contribution in [0.3, 0.4) is 0 Å². The zero-order valence-electron chi connectivity index (χ0n) is 18.8. The summed E-state index contributed by atoms with van der Waals surface area (Å²) in [7, 11) is 0. The second kappa shape index (κ2) is 8.49. The Balaban J connectivity index is 1.34. The number of benzene rings is 2. The fraction of sp³-hybridized carbons (Fsp3) is 0.280. The molecule has 0 spiro atoms. The molecule has 2 atom stereocenters. The summed E-state index contributed by atoms with van der Waals surface area (Å²) in [5.74, 6) is 0.195. The Morgan fingerprint density at radius 2 is 2.11 bits per heavy atom. The molecular weight excluding hydrogens is 489 g/mol. The molecule has 6 rings (SSSR count). The van der Waals surface area contributed by atoms with E-state index in [1.54, 1.807) is 32.3 Å². The van der Waals surface area contributed by atoms with Crippen molar-refractivity contribution < 1.29 is 9.18 Å². The van der Waals surface area contributed by atoms with Gasteiger partial charge in [0, 0.05) is 28.9 Å². The zero-order chi connectivity index (χ0) is 24.3. The minimum Gasteiger partial charge on any atom is -0.309 e. The number of carbonyl (C=O) groups is 1. The van der Waals surface area contributed by atoms with Gasteiger partial charge in [0.2, 0.25) is 5.91 Å². The lowest BCUT2D eigenvalue weighted by Gasteiger charge is -2.36. The first-order chi connectivity index (χ1) is 16.9. The summed E-state index contributed by atoms with van der Waals surface area (Å²) in [4.78, 5) is 33.4. The van der Waals surface area contributed by atoms with Crippen LogP contribution in [-0.2, 0) is 11.2 Å². The van der Waals surface area contributed by atoms with Crippen LogP contribution in [0.15, 0.2) is 58.6 Å². The smallest absolute Gasteiger partial charge is 0.265 e. The van der Waals surface area contributed by atoms with Crippen molar-refractivity contribution in [3.63, 3.8) is 0 Å². The molecule has 0 N–H and O–H groups in total. The van der Waals surface area contributed by atoms with Crippen LogP contribution in [0.5, 0.6) is 0 Å². The van der Waals surface area contributed by atoms with E-state index in [0.717, 1.165) is 24.1 Å². The summed E-state index contributed by atoms with van der Waals surface area (Å²) in [6, 6.07) is 11.5. The van der Waals surface area contributed by atoms with Crippen molar-refractivity contribution in [1.29, 1.82) is 0 Å². The summed E-state index contributed by atoms with van der Waals surface area (Å²) in [6.45, 7) is 2.00. The molecule has 7 nitrogen and oxygen atoms in total. The first kappa shape index (κ1) is 22.3. The largest absolute Gasteiger partial charge is 0.309 e. The molecule has 10 heteroatoms. The fourth-order valence-electron chi connectivity index (χ4n) is 4.98. The van der Waals surface area contributed by atoms with Crippen LogP contribution >= 0.6 is 23.4 Å². The fourth-order valence-corrected chi connectivity index (χ4v) is 6.29. The number of aryl methyl sites for hydroxylation is 1. The molecule has 178 valence electrons. The van der Waals surface area contributed by atoms with Gasteiger partial charge in [0.05, 0.1) is 17.9 Å². The topological polar surface area (TPSA) is 73.0 Å². The average molecular weight is 510 g/mol. The Hall–Kier alpha value is -3.17. The van der Waals surface area contributed by atoms with Gasteiger partial charge in [-0.05, 0) is 61.7 Å². The van der Waals surface area contributed by atoms with E-state index in [0.29, 0.717) is 32.7 Å². The maximum Gasteiger partial charge on any atom is 0.265 e. The van der Waals surface area contributed by atoms with E-state index >= 15 is 0 Å². The van der Waals surface area contributed by atoms with E-state index in [9.17, 15) is 14.0 Å². The number of rotatable bonds is 3. The molecule has 0 bridgehead atoms. The highest BCUT2D eigenvalue weighted by Crippen LogP contribution is 2.36. The van der Waals surface area contributed by atoms with E-state index < -0.39 is 0 Å². The van der Waals surface area contributed by atoms with Crippen LogP contribution < -0.4 is 10.5 Å². The first-order valence-corrected chi connectivity index (χ1v) is 12.8. The Morgan fingerprint density at radius 3 is 2.94 bits per heavy atom. The third-order valence-corrected chi connectivity index (χ3v) is 8.01. The van der Waals surface area contributed by atoms with Crippen LogP contribution in [-0.4, -0.2) is 37.0 Å². The Labute approximate surface area is 209 Å². The zero-order valence-corrected chi connectivity index (χ0v) is 20.4. The average Bonchev–Trinajstić information content (AvgIpc) is 3.44. The van der Waals surface area contributed by atoms with Gasteiger partial charge < -0.3 is 4.90 Å². The minimum absolute atomic E-state index is 0.00208. The van der Waals surface area contributed by atoms with Gasteiger partial charge >= 0.3 is 0 Å². The van der Waals surface area contributed by atoms with Crippen molar-refractivity contribution in [1.82, 2.24) is 19.3 Å². The molecular formula is C25H21ClFN5O2S. The molecule has 0 fully saturated rings. The highest BCUT2D eigenvalue weighted by atomic mass is 35.5. The molecule has 2 unspecified atom stereocenters. The van der Waals surface area contributed by atoms with E-state index in [2.05, 4.69) is 5.10 Å². The number of nitrogens with zero attached hydrogens (tertiary/aromatic N) is 5. The van der Waals surface area contributed by atoms with Crippen LogP contribution in [0.4, 0.5) is 10.1 Å². The SMILES string of the molecule is CC1CCc2cc(F)ccc2N1C(=O)CC1CSc2nc3c(cnn3-c3cccc(Cl)c3)c(=O)n21. The quantitative estimate of drug-likeness (QED) is 0.372. The van der Waals surface area contributed by atoms with Crippen molar-refractivity contribution in [2.75, 3.05) is 10.7 Å². The number of fused-ring (bicyclic) bond motifs is 3. The van der Waals surface area contributed by atoms with Crippen LogP contribution in [0, 0.1) is 5.82 Å². The molecule has 2 aromatic heterocycles. The Morgan fingerprint density at radius 1 is 1.26 bits per heavy atom. The predicted molar refractivity (Wildman–Crippen MR) is 134 cm³/mol. The number of hydrogen-bond donors (Lipinski definition) is 0. The summed E-state index contributed by atoms with van der Waals surface area (Å²) < 4.78 is 17.0. The predicted octanol–water partition coefficient (Wildman–Crippen LogP) is 4.78. The van der Waals surface area contributed by atoms with Gasteiger partial charge in [-0.15, -0.1) is 0 Å². The van der Waals surface area contributed by atoms with Crippen molar-refractivity contribution in [2.45, 2.75) is 43.4 Å². The van der Waals surface area contributed by atoms with Gasteiger partial charge in [-0.2, -0.15) is 5.10 Å². The maximum atomic E-state index is 13.8. The Kier molecular flexibility index (Phi) is 5.41. The number of anilines is 1. The van der Waals surface area contributed by atoms with Gasteiger partial charge in [-0.25, -0.2) is 14.1 Å². The summed E-state index contributed by atoms with van der Waals surface area (Å²) in [5, 5.41) is 5.90. The second-order valence-corrected chi connectivity index (χ2v) is 10.4. The lowest BCUT2D eigenvalue weighted by Crippen LogP contribution is -2.43. The van der Waals surface area contributed by atoms with E-state index in [1.807, 2.05) is 19.1 Å². The van der Waals surface area contributed by atoms with Crippen LogP contribution in [0.2, 0.25) is 5.02 Å². The van der Waals surface area contributed by atoms with Crippen molar-refractivity contribution >= 4 is 46.0 Å². The second-order valence-electron chi connectivity index (χ2n) is 8.94. The van der Waals surface area contributed by atoms with Crippen LogP contribution in [0.25, 0.3) is 16.7 Å². The van der Waals surface area contributed by atoms with Gasteiger partial charge in [0.15, 0.2) is 10.8 Å². The lowest BCUT2D eigenvalue weighted by atomic mass is 9.95. The molecule has 1 amide bonds. The molecule has 0 aliphatic carbocycles. The highest BCUT2D eigenvalue weighted by Gasteiger charge is 2.34. The number of carbonyl (C=O) groups excluding carboxylic acids is 1. The molecule has 35 heavy (non-hydrogen) atoms. The van der Waals surface area contributed by atoms with E-state index in [-0.39, 0.29) is 35.8 Å². The van der Waals surface area contributed by atoms with E-state index in [1.165, 1.54) is 30.1 Å². The lowest BCUT2D eigenvalue weighted by molar-refractivity contribution is -0.119. The van der Waals surface area contributed by atoms with Crippen molar-refractivity contribution in [2.24, 2.45) is 0 Å². The van der Waals surface area contributed by atoms with Gasteiger partial charge in [0.1, 0.15) is 11.2 Å². The molecule has 4 aromatic rings. The summed E-state index contributed by atoms with van der Waals surface area (Å²) >= 11 is 7.59. The van der Waals surface area contributed by atoms with Gasteiger partial charge in [-0.1, -0.05) is 29.4 Å². The standard InChI is InChI=1S/C25H21ClFN5O2S/c1-14-5-6-15-9-17(27)7-8-21(15)30(14)22(33)11-19-13-35-25-29-23-20(24(34)31(19)25)12-28-32(23)18-4-2-3-16(26)10-18/h2-4,7-10,12,14,19H,5-6,11,13H2,1H3. The first-order valence-electron chi connectivity index (χ1n) is 11.4. The summed E-state index contributed by atoms with van der Waals surface area (Å²) in [5.41, 5.74) is 2.56. The third-order valence-electron chi connectivity index (χ3n) is 6.68. The molecule has 2 aromatic carbocycles. The molecule has 4 heterocycles. The number of halogens is 2. The Bertz CT molecular complexity index is 1550. The monoisotopic (exact) mass is 509 g/mol. The normalized spacial score (nSPS) is 19.1. The van der Waals surface area contributed by atoms with Crippen LogP contribution in [0.1, 0.15) is 31.4 Å². The third kappa shape index (κ3) is 3.73. The molecule has 2 aliphatic heterocycles. The molecule has 2 aliphatic rings. The summed E-state index contributed by atoms with van der Waals surface area (Å²) in [6.07, 6.45) is 3.18. The maximum absolute atomic E-state index is 13.8. The van der Waals surface area contributed by atoms with Crippen molar-refractivity contribution in [3.8, 4) is 5.69 Å². The van der Waals surface area contributed by atoms with Crippen molar-refractivity contribution in [3.05, 3.63) is 75.4 Å². The molecule has 0 saturated carbocycles. The molecule has 0 saturated heterocycles. The number of hydrogen-bond acceptors (Lipinski definition) is 5. The number of amides is 1. The van der Waals surface area contributed by atoms with Gasteiger partial charge in [0.25, 0.3) is 5.56 Å². The minimum atomic E-state index is -0.320. The number of thioether (sulfide) groups is 1. The van der Waals surface area contributed by atoms with Gasteiger partial charge in [-0.3, -0.25) is 14.2 Å². The highest BCUT2D eigenvalue weighted by molar-refractivity contribution is 7.99. The molecule has 0 radical (unpaired) electrons.